The number of hydrogen-bond donors (Lipinski definition) is 2. The van der Waals surface area contributed by atoms with Gasteiger partial charge in [0.25, 0.3) is 5.91 Å². The smallest absolute Gasteiger partial charge is 0.338 e. The number of guanidine groups is 1. The molecule has 0 spiro atoms. The Morgan fingerprint density at radius 1 is 0.800 bits per heavy atom. The van der Waals surface area contributed by atoms with Crippen LogP contribution < -0.4 is 11.5 Å². The van der Waals surface area contributed by atoms with Gasteiger partial charge in [-0.25, -0.2) is 21.6 Å². The average Bonchev–Trinajstić information content (AvgIpc) is 2.85. The first-order chi connectivity index (χ1) is 18.6. The van der Waals surface area contributed by atoms with E-state index in [1.54, 1.807) is 12.1 Å². The molecule has 4 N–H and O–H groups in total. The van der Waals surface area contributed by atoms with Crippen LogP contribution in [0.5, 0.6) is 0 Å². The molecule has 1 amide bonds. The van der Waals surface area contributed by atoms with E-state index < -0.39 is 49.0 Å². The number of fused-ring (bicyclic) bond motifs is 2. The first kappa shape index (κ1) is 30.6. The molecular formula is C26H29N3O9S2. The van der Waals surface area contributed by atoms with E-state index in [4.69, 9.17) is 11.5 Å². The van der Waals surface area contributed by atoms with Gasteiger partial charge in [0, 0.05) is 18.4 Å². The van der Waals surface area contributed by atoms with Gasteiger partial charge in [0.15, 0.2) is 37.2 Å². The van der Waals surface area contributed by atoms with Crippen molar-refractivity contribution in [2.75, 3.05) is 18.6 Å². The van der Waals surface area contributed by atoms with Crippen molar-refractivity contribution < 1.29 is 40.8 Å². The molecule has 2 heterocycles. The van der Waals surface area contributed by atoms with E-state index in [9.17, 15) is 36.0 Å². The molecule has 40 heavy (non-hydrogen) atoms. The predicted octanol–water partition coefficient (Wildman–Crippen LogP) is 0.496. The highest BCUT2D eigenvalue weighted by molar-refractivity contribution is 7.92. The number of benzene rings is 2. The number of carbonyl (C=O) groups is 4. The summed E-state index contributed by atoms with van der Waals surface area (Å²) in [4.78, 5) is 50.1. The lowest BCUT2D eigenvalue weighted by Gasteiger charge is -2.18. The Hall–Kier alpha value is -3.91. The lowest BCUT2D eigenvalue weighted by molar-refractivity contribution is -0.117. The fraction of sp³-hybridized carbons (Fsp3) is 0.346. The van der Waals surface area contributed by atoms with Crippen LogP contribution in [0.2, 0.25) is 0 Å². The largest absolute Gasteiger partial charge is 0.465 e. The van der Waals surface area contributed by atoms with Crippen LogP contribution in [0.1, 0.15) is 56.8 Å². The van der Waals surface area contributed by atoms with Gasteiger partial charge in [-0.1, -0.05) is 26.0 Å². The fourth-order valence-corrected chi connectivity index (χ4v) is 7.59. The summed E-state index contributed by atoms with van der Waals surface area (Å²) in [5.74, 6) is -3.35. The number of methoxy groups -OCH3 is 1. The van der Waals surface area contributed by atoms with Gasteiger partial charge in [-0.15, -0.1) is 0 Å². The molecule has 0 aliphatic carbocycles. The van der Waals surface area contributed by atoms with Crippen LogP contribution in [0.4, 0.5) is 0 Å². The van der Waals surface area contributed by atoms with Crippen LogP contribution >= 0.6 is 0 Å². The van der Waals surface area contributed by atoms with Gasteiger partial charge >= 0.3 is 5.97 Å². The third-order valence-electron chi connectivity index (χ3n) is 6.35. The van der Waals surface area contributed by atoms with Crippen LogP contribution in [0.15, 0.2) is 39.0 Å². The summed E-state index contributed by atoms with van der Waals surface area (Å²) in [7, 11) is -6.10. The minimum absolute atomic E-state index is 0.00782. The molecule has 0 bridgehead atoms. The number of nitrogens with zero attached hydrogens (tertiary/aromatic N) is 1. The maximum atomic E-state index is 12.1. The molecule has 0 fully saturated rings. The second kappa shape index (κ2) is 11.7. The zero-order chi connectivity index (χ0) is 30.0. The number of ether oxygens (including phenoxy) is 1. The highest BCUT2D eigenvalue weighted by Crippen LogP contribution is 2.29. The number of rotatable bonds is 4. The molecule has 0 saturated carbocycles. The number of sulfone groups is 2. The molecule has 0 unspecified atom stereocenters. The number of esters is 1. The second-order valence-corrected chi connectivity index (χ2v) is 13.1. The molecular weight excluding hydrogens is 562 g/mol. The van der Waals surface area contributed by atoms with Crippen molar-refractivity contribution >= 4 is 49.1 Å². The van der Waals surface area contributed by atoms with Crippen LogP contribution in [0.3, 0.4) is 0 Å². The van der Waals surface area contributed by atoms with Gasteiger partial charge in [0.1, 0.15) is 11.5 Å². The fourth-order valence-electron chi connectivity index (χ4n) is 4.57. The molecule has 0 atom stereocenters. The lowest BCUT2D eigenvalue weighted by atomic mass is 9.98. The maximum Gasteiger partial charge on any atom is 0.338 e. The zero-order valence-corrected chi connectivity index (χ0v) is 23.8. The Kier molecular flexibility index (Phi) is 8.94. The molecule has 0 aromatic heterocycles. The molecule has 14 heteroatoms. The van der Waals surface area contributed by atoms with Crippen molar-refractivity contribution in [1.29, 1.82) is 0 Å². The summed E-state index contributed by atoms with van der Waals surface area (Å²) in [6.45, 7) is 3.67. The van der Waals surface area contributed by atoms with Gasteiger partial charge in [0.2, 0.25) is 0 Å². The monoisotopic (exact) mass is 591 g/mol. The molecule has 2 aromatic rings. The van der Waals surface area contributed by atoms with Crippen molar-refractivity contribution in [2.45, 2.75) is 49.3 Å². The molecule has 0 radical (unpaired) electrons. The Balaban J connectivity index is 0.000000222. The van der Waals surface area contributed by atoms with E-state index in [0.717, 1.165) is 0 Å². The maximum absolute atomic E-state index is 12.1. The molecule has 2 aliphatic heterocycles. The van der Waals surface area contributed by atoms with Crippen LogP contribution in [-0.4, -0.2) is 64.9 Å². The van der Waals surface area contributed by atoms with E-state index in [2.05, 4.69) is 9.73 Å². The molecule has 4 rings (SSSR count). The van der Waals surface area contributed by atoms with Gasteiger partial charge in [0.05, 0.1) is 22.5 Å². The number of ketones is 2. The number of carbonyl (C=O) groups excluding carboxylic acids is 4. The van der Waals surface area contributed by atoms with Crippen LogP contribution in [0.25, 0.3) is 0 Å². The predicted molar refractivity (Wildman–Crippen MR) is 145 cm³/mol. The van der Waals surface area contributed by atoms with Gasteiger partial charge in [-0.3, -0.25) is 14.4 Å². The molecule has 12 nitrogen and oxygen atoms in total. The lowest BCUT2D eigenvalue weighted by Crippen LogP contribution is -2.27. The molecule has 2 aliphatic rings. The summed E-state index contributed by atoms with van der Waals surface area (Å²) < 4.78 is 52.7. The summed E-state index contributed by atoms with van der Waals surface area (Å²) in [6.07, 6.45) is 1.20. The zero-order valence-electron chi connectivity index (χ0n) is 22.1. The van der Waals surface area contributed by atoms with Gasteiger partial charge in [-0.2, -0.15) is 4.99 Å². The Bertz CT molecular complexity index is 1670. The first-order valence-electron chi connectivity index (χ1n) is 12.2. The van der Waals surface area contributed by atoms with Crippen molar-refractivity contribution in [1.82, 2.24) is 0 Å². The summed E-state index contributed by atoms with van der Waals surface area (Å²) in [5, 5.41) is 0. The van der Waals surface area contributed by atoms with Crippen LogP contribution in [-0.2, 0) is 59.7 Å². The normalized spacial score (nSPS) is 16.5. The third kappa shape index (κ3) is 6.45. The van der Waals surface area contributed by atoms with Crippen molar-refractivity contribution in [3.63, 3.8) is 0 Å². The standard InChI is InChI=1S/C13H15N3O4S.C13H14O5S/c1-2-7-3-8-4-9(17)6-21(19,20)11(8)5-10(7)12(18)16-13(14)15;1-3-8-4-9-5-10(14)7-19(16,17)12(9)6-11(8)13(15)18-2/h3,5H,2,4,6H2,1H3,(H4,14,15,16,18);4,6H,3,5,7H2,1-2H3. The Morgan fingerprint density at radius 2 is 1.23 bits per heavy atom. The van der Waals surface area contributed by atoms with Crippen molar-refractivity contribution in [3.05, 3.63) is 57.6 Å². The quantitative estimate of drug-likeness (QED) is 0.284. The van der Waals surface area contributed by atoms with Crippen LogP contribution in [0, 0.1) is 0 Å². The SMILES string of the molecule is CCc1cc2c(cc1C(=O)N=C(N)N)S(=O)(=O)CC(=O)C2.CCc1cc2c(cc1C(=O)OC)S(=O)(=O)CC(=O)C2. The number of aliphatic imine (C=N–C) groups is 1. The minimum atomic E-state index is -3.71. The minimum Gasteiger partial charge on any atom is -0.465 e. The Labute approximate surface area is 231 Å². The number of aryl methyl sites for hydroxylation is 2. The highest BCUT2D eigenvalue weighted by atomic mass is 32.2. The number of nitrogens with two attached hydrogens (primary N) is 2. The molecule has 2 aromatic carbocycles. The first-order valence-corrected chi connectivity index (χ1v) is 15.5. The van der Waals surface area contributed by atoms with E-state index in [-0.39, 0.29) is 45.3 Å². The number of Topliss-reactive ketones (excluding diaryl/α,β-unsaturated/α-hetero) is 2. The number of amides is 1. The summed E-state index contributed by atoms with van der Waals surface area (Å²) in [6, 6.07) is 5.79. The second-order valence-electron chi connectivity index (χ2n) is 9.22. The van der Waals surface area contributed by atoms with E-state index >= 15 is 0 Å². The van der Waals surface area contributed by atoms with Gasteiger partial charge in [-0.05, 0) is 47.2 Å². The number of hydrogen-bond acceptors (Lipinski definition) is 9. The van der Waals surface area contributed by atoms with Crippen molar-refractivity contribution in [2.24, 2.45) is 16.5 Å². The Morgan fingerprint density at radius 3 is 1.62 bits per heavy atom. The molecule has 0 saturated heterocycles. The summed E-state index contributed by atoms with van der Waals surface area (Å²) >= 11 is 0. The topological polar surface area (TPSA) is 210 Å². The third-order valence-corrected chi connectivity index (χ3v) is 9.85. The average molecular weight is 592 g/mol. The molecule has 214 valence electrons. The van der Waals surface area contributed by atoms with Crippen molar-refractivity contribution in [3.8, 4) is 0 Å². The van der Waals surface area contributed by atoms with Gasteiger partial charge < -0.3 is 16.2 Å². The highest BCUT2D eigenvalue weighted by Gasteiger charge is 2.32. The van der Waals surface area contributed by atoms with E-state index in [1.165, 1.54) is 19.2 Å². The van der Waals surface area contributed by atoms with E-state index in [0.29, 0.717) is 35.1 Å². The van der Waals surface area contributed by atoms with E-state index in [1.807, 2.05) is 13.8 Å². The summed E-state index contributed by atoms with van der Waals surface area (Å²) in [5.41, 5.74) is 12.9.